The van der Waals surface area contributed by atoms with Gasteiger partial charge in [0.15, 0.2) is 0 Å². The normalized spacial score (nSPS) is 19.5. The van der Waals surface area contributed by atoms with Crippen molar-refractivity contribution >= 4 is 0 Å². The fraction of sp³-hybridized carbons (Fsp3) is 1.00. The van der Waals surface area contributed by atoms with E-state index < -0.39 is 0 Å². The molecule has 0 amide bonds. The second-order valence-corrected chi connectivity index (χ2v) is 4.37. The summed E-state index contributed by atoms with van der Waals surface area (Å²) in [7, 11) is 5.76. The second kappa shape index (κ2) is 23.9. The summed E-state index contributed by atoms with van der Waals surface area (Å²) in [5.74, 6) is 1.04. The molecule has 20 heavy (non-hydrogen) atoms. The summed E-state index contributed by atoms with van der Waals surface area (Å²) in [5.41, 5.74) is 0. The smallest absolute Gasteiger partial charge is 0.0774 e. The Morgan fingerprint density at radius 2 is 1.50 bits per heavy atom. The van der Waals surface area contributed by atoms with Crippen LogP contribution >= 0.6 is 0 Å². The SMILES string of the molecule is CC.CC.CNC.CNCC1CC1.O[C@@H]1CCCOC1. The number of rotatable bonds is 2. The van der Waals surface area contributed by atoms with Gasteiger partial charge in [-0.05, 0) is 59.3 Å². The highest BCUT2D eigenvalue weighted by molar-refractivity contribution is 4.73. The summed E-state index contributed by atoms with van der Waals surface area (Å²) in [6.45, 7) is 10.6. The van der Waals surface area contributed by atoms with Crippen LogP contribution in [0.5, 0.6) is 0 Å². The van der Waals surface area contributed by atoms with Gasteiger partial charge >= 0.3 is 0 Å². The Bertz CT molecular complexity index is 136. The second-order valence-electron chi connectivity index (χ2n) is 4.37. The van der Waals surface area contributed by atoms with Crippen molar-refractivity contribution in [1.29, 1.82) is 0 Å². The number of hydrogen-bond acceptors (Lipinski definition) is 4. The Labute approximate surface area is 127 Å². The molecule has 1 saturated carbocycles. The molecule has 2 aliphatic rings. The maximum absolute atomic E-state index is 8.78. The standard InChI is InChI=1S/C5H11N.C5H10O2.C2H7N.2C2H6/c1-6-4-5-2-3-5;6-5-2-1-3-7-4-5;1-3-2;2*1-2/h5-6H,2-4H2,1H3;5-6H,1-4H2;3H,1-2H3;2*1-2H3/t;5-;;;/m.1.../s1. The van der Waals surface area contributed by atoms with E-state index in [1.54, 1.807) is 0 Å². The topological polar surface area (TPSA) is 53.5 Å². The van der Waals surface area contributed by atoms with Crippen molar-refractivity contribution in [2.24, 2.45) is 5.92 Å². The highest BCUT2D eigenvalue weighted by atomic mass is 16.5. The molecule has 0 unspecified atom stereocenters. The van der Waals surface area contributed by atoms with E-state index in [0.29, 0.717) is 6.61 Å². The summed E-state index contributed by atoms with van der Waals surface area (Å²) >= 11 is 0. The van der Waals surface area contributed by atoms with Gasteiger partial charge in [-0.1, -0.05) is 27.7 Å². The Morgan fingerprint density at radius 1 is 1.00 bits per heavy atom. The zero-order valence-electron chi connectivity index (χ0n) is 15.0. The highest BCUT2D eigenvalue weighted by Gasteiger charge is 2.19. The van der Waals surface area contributed by atoms with Crippen molar-refractivity contribution in [2.45, 2.75) is 59.5 Å². The Morgan fingerprint density at radius 3 is 1.65 bits per heavy atom. The summed E-state index contributed by atoms with van der Waals surface area (Å²) in [4.78, 5) is 0. The lowest BCUT2D eigenvalue weighted by Crippen LogP contribution is -2.21. The molecule has 0 bridgehead atoms. The summed E-state index contributed by atoms with van der Waals surface area (Å²) in [6.07, 6.45) is 4.66. The molecule has 0 radical (unpaired) electrons. The van der Waals surface area contributed by atoms with Gasteiger partial charge in [0.2, 0.25) is 0 Å². The zero-order valence-corrected chi connectivity index (χ0v) is 15.0. The molecule has 4 heteroatoms. The summed E-state index contributed by atoms with van der Waals surface area (Å²) in [5, 5.41) is 14.7. The quantitative estimate of drug-likeness (QED) is 0.732. The van der Waals surface area contributed by atoms with Crippen LogP contribution in [-0.2, 0) is 4.74 Å². The first-order valence-corrected chi connectivity index (χ1v) is 8.23. The first-order valence-electron chi connectivity index (χ1n) is 8.23. The van der Waals surface area contributed by atoms with Gasteiger partial charge in [0, 0.05) is 6.61 Å². The fourth-order valence-corrected chi connectivity index (χ4v) is 1.33. The van der Waals surface area contributed by atoms with Crippen LogP contribution in [0.3, 0.4) is 0 Å². The lowest BCUT2D eigenvalue weighted by Gasteiger charge is -2.15. The molecule has 0 spiro atoms. The van der Waals surface area contributed by atoms with Crippen molar-refractivity contribution in [3.05, 3.63) is 0 Å². The van der Waals surface area contributed by atoms with Crippen LogP contribution in [0.15, 0.2) is 0 Å². The van der Waals surface area contributed by atoms with Crippen LogP contribution in [0.4, 0.5) is 0 Å². The van der Waals surface area contributed by atoms with Crippen LogP contribution in [0, 0.1) is 5.92 Å². The molecule has 3 N–H and O–H groups in total. The molecule has 2 fully saturated rings. The lowest BCUT2D eigenvalue weighted by atomic mass is 10.2. The molecule has 1 aliphatic carbocycles. The van der Waals surface area contributed by atoms with E-state index in [1.807, 2.05) is 48.8 Å². The minimum Gasteiger partial charge on any atom is -0.391 e. The van der Waals surface area contributed by atoms with E-state index >= 15 is 0 Å². The Hall–Kier alpha value is -0.160. The van der Waals surface area contributed by atoms with Crippen molar-refractivity contribution in [1.82, 2.24) is 10.6 Å². The third-order valence-corrected chi connectivity index (χ3v) is 2.33. The molecule has 1 aliphatic heterocycles. The molecule has 1 atom stereocenters. The molecule has 2 rings (SSSR count). The zero-order chi connectivity index (χ0) is 16.2. The van der Waals surface area contributed by atoms with Crippen molar-refractivity contribution in [3.63, 3.8) is 0 Å². The summed E-state index contributed by atoms with van der Waals surface area (Å²) in [6, 6.07) is 0. The molecule has 126 valence electrons. The van der Waals surface area contributed by atoms with Gasteiger partial charge in [-0.3, -0.25) is 0 Å². The summed E-state index contributed by atoms with van der Waals surface area (Å²) < 4.78 is 4.93. The van der Waals surface area contributed by atoms with Gasteiger partial charge in [-0.2, -0.15) is 0 Å². The average Bonchev–Trinajstić information content (AvgIpc) is 3.30. The number of ether oxygens (including phenoxy) is 1. The number of aliphatic hydroxyl groups excluding tert-OH is 1. The van der Waals surface area contributed by atoms with E-state index in [0.717, 1.165) is 25.4 Å². The predicted octanol–water partition coefficient (Wildman–Crippen LogP) is 2.66. The number of hydrogen-bond donors (Lipinski definition) is 3. The molecular weight excluding hydrogens is 252 g/mol. The van der Waals surface area contributed by atoms with E-state index in [9.17, 15) is 0 Å². The first kappa shape index (κ1) is 24.8. The van der Waals surface area contributed by atoms with Crippen LogP contribution in [0.25, 0.3) is 0 Å². The molecule has 1 heterocycles. The van der Waals surface area contributed by atoms with E-state index in [-0.39, 0.29) is 6.10 Å². The predicted molar refractivity (Wildman–Crippen MR) is 90.4 cm³/mol. The maximum atomic E-state index is 8.78. The maximum Gasteiger partial charge on any atom is 0.0774 e. The van der Waals surface area contributed by atoms with E-state index in [1.165, 1.54) is 19.4 Å². The third-order valence-electron chi connectivity index (χ3n) is 2.33. The van der Waals surface area contributed by atoms with Gasteiger partial charge in [0.1, 0.15) is 0 Å². The average molecular weight is 293 g/mol. The highest BCUT2D eigenvalue weighted by Crippen LogP contribution is 2.27. The van der Waals surface area contributed by atoms with Crippen molar-refractivity contribution in [2.75, 3.05) is 40.9 Å². The number of nitrogens with one attached hydrogen (secondary N) is 2. The Balaban J connectivity index is -0.000000203. The van der Waals surface area contributed by atoms with Crippen LogP contribution in [0.1, 0.15) is 53.4 Å². The molecule has 0 aromatic heterocycles. The minimum atomic E-state index is -0.186. The van der Waals surface area contributed by atoms with Crippen LogP contribution in [0.2, 0.25) is 0 Å². The van der Waals surface area contributed by atoms with Gasteiger partial charge in [0.05, 0.1) is 12.7 Å². The van der Waals surface area contributed by atoms with Crippen molar-refractivity contribution in [3.8, 4) is 0 Å². The van der Waals surface area contributed by atoms with Crippen molar-refractivity contribution < 1.29 is 9.84 Å². The number of aliphatic hydroxyl groups is 1. The first-order chi connectivity index (χ1) is 9.74. The van der Waals surface area contributed by atoms with Gasteiger partial charge in [-0.15, -0.1) is 0 Å². The molecule has 0 aromatic carbocycles. The van der Waals surface area contributed by atoms with E-state index in [2.05, 4.69) is 10.6 Å². The fourth-order valence-electron chi connectivity index (χ4n) is 1.33. The monoisotopic (exact) mass is 292 g/mol. The van der Waals surface area contributed by atoms with Crippen LogP contribution < -0.4 is 10.6 Å². The largest absolute Gasteiger partial charge is 0.391 e. The molecule has 1 saturated heterocycles. The van der Waals surface area contributed by atoms with Gasteiger partial charge < -0.3 is 20.5 Å². The molecule has 4 nitrogen and oxygen atoms in total. The lowest BCUT2D eigenvalue weighted by molar-refractivity contribution is -0.00535. The van der Waals surface area contributed by atoms with Crippen LogP contribution in [-0.4, -0.2) is 52.1 Å². The molecular formula is C16H40N2O2. The third kappa shape index (κ3) is 26.4. The van der Waals surface area contributed by atoms with E-state index in [4.69, 9.17) is 9.84 Å². The van der Waals surface area contributed by atoms with Gasteiger partial charge in [-0.25, -0.2) is 0 Å². The molecule has 0 aromatic rings. The minimum absolute atomic E-state index is 0.186. The Kier molecular flexibility index (Phi) is 29.7. The van der Waals surface area contributed by atoms with Gasteiger partial charge in [0.25, 0.3) is 0 Å².